The molecule has 0 saturated heterocycles. The van der Waals surface area contributed by atoms with E-state index < -0.39 is 12.0 Å². The first-order valence-electron chi connectivity index (χ1n) is 4.27. The van der Waals surface area contributed by atoms with Gasteiger partial charge in [0, 0.05) is 10.0 Å². The van der Waals surface area contributed by atoms with E-state index in [-0.39, 0.29) is 0 Å². The molecule has 0 aliphatic carbocycles. The van der Waals surface area contributed by atoms with Gasteiger partial charge in [0.1, 0.15) is 11.8 Å². The maximum atomic E-state index is 11.3. The molecule has 1 atom stereocenters. The van der Waals surface area contributed by atoms with E-state index in [1.165, 1.54) is 14.2 Å². The van der Waals surface area contributed by atoms with Crippen molar-refractivity contribution in [3.05, 3.63) is 28.2 Å². The minimum Gasteiger partial charge on any atom is -0.496 e. The Hall–Kier alpha value is -1.07. The molecule has 0 bridgehead atoms. The largest absolute Gasteiger partial charge is 0.496 e. The van der Waals surface area contributed by atoms with Crippen LogP contribution in [0.3, 0.4) is 0 Å². The van der Waals surface area contributed by atoms with Gasteiger partial charge in [-0.25, -0.2) is 0 Å². The molecule has 1 rings (SSSR count). The molecule has 0 radical (unpaired) electrons. The van der Waals surface area contributed by atoms with Crippen molar-refractivity contribution < 1.29 is 14.3 Å². The summed E-state index contributed by atoms with van der Waals surface area (Å²) in [6.07, 6.45) is 0. The minimum absolute atomic E-state index is 0.490. The van der Waals surface area contributed by atoms with Crippen LogP contribution in [0, 0.1) is 0 Å². The smallest absolute Gasteiger partial charge is 0.327 e. The molecule has 0 unspecified atom stereocenters. The van der Waals surface area contributed by atoms with Crippen LogP contribution in [-0.2, 0) is 9.53 Å². The number of carbonyl (C=O) groups excluding carboxylic acids is 1. The average Bonchev–Trinajstić information content (AvgIpc) is 2.26. The molecule has 5 heteroatoms. The van der Waals surface area contributed by atoms with Gasteiger partial charge in [0.05, 0.1) is 14.2 Å². The van der Waals surface area contributed by atoms with Crippen molar-refractivity contribution in [2.45, 2.75) is 6.04 Å². The van der Waals surface area contributed by atoms with Gasteiger partial charge in [0.2, 0.25) is 0 Å². The zero-order valence-corrected chi connectivity index (χ0v) is 10.1. The topological polar surface area (TPSA) is 61.5 Å². The van der Waals surface area contributed by atoms with Gasteiger partial charge in [-0.3, -0.25) is 4.79 Å². The number of hydrogen-bond donors (Lipinski definition) is 1. The van der Waals surface area contributed by atoms with Crippen LogP contribution < -0.4 is 10.5 Å². The van der Waals surface area contributed by atoms with Gasteiger partial charge in [-0.1, -0.05) is 22.0 Å². The third kappa shape index (κ3) is 2.70. The number of halogens is 1. The molecular formula is C10H12BrNO3. The van der Waals surface area contributed by atoms with E-state index in [0.717, 1.165) is 4.47 Å². The van der Waals surface area contributed by atoms with Gasteiger partial charge in [0.25, 0.3) is 0 Å². The second-order valence-electron chi connectivity index (χ2n) is 2.89. The number of hydrogen-bond acceptors (Lipinski definition) is 4. The maximum Gasteiger partial charge on any atom is 0.327 e. The molecule has 0 fully saturated rings. The summed E-state index contributed by atoms with van der Waals surface area (Å²) in [5, 5.41) is 0. The Morgan fingerprint density at radius 3 is 2.67 bits per heavy atom. The van der Waals surface area contributed by atoms with Crippen LogP contribution in [0.5, 0.6) is 5.75 Å². The highest BCUT2D eigenvalue weighted by atomic mass is 79.9. The summed E-state index contributed by atoms with van der Waals surface area (Å²) < 4.78 is 10.6. The van der Waals surface area contributed by atoms with E-state index in [1.54, 1.807) is 18.2 Å². The lowest BCUT2D eigenvalue weighted by molar-refractivity contribution is -0.142. The van der Waals surface area contributed by atoms with Crippen molar-refractivity contribution in [2.75, 3.05) is 14.2 Å². The van der Waals surface area contributed by atoms with Crippen LogP contribution in [0.2, 0.25) is 0 Å². The van der Waals surface area contributed by atoms with Crippen LogP contribution in [0.4, 0.5) is 0 Å². The molecule has 4 nitrogen and oxygen atoms in total. The van der Waals surface area contributed by atoms with E-state index in [1.807, 2.05) is 0 Å². The first kappa shape index (κ1) is 12.0. The number of rotatable bonds is 3. The van der Waals surface area contributed by atoms with Crippen LogP contribution in [0.1, 0.15) is 11.6 Å². The Labute approximate surface area is 96.5 Å². The van der Waals surface area contributed by atoms with Crippen molar-refractivity contribution in [1.82, 2.24) is 0 Å². The Morgan fingerprint density at radius 1 is 1.47 bits per heavy atom. The van der Waals surface area contributed by atoms with Gasteiger partial charge in [0.15, 0.2) is 0 Å². The van der Waals surface area contributed by atoms with Gasteiger partial charge in [-0.15, -0.1) is 0 Å². The molecule has 1 aromatic rings. The molecule has 0 amide bonds. The molecule has 0 heterocycles. The lowest BCUT2D eigenvalue weighted by Gasteiger charge is -2.13. The molecule has 0 aliphatic rings. The highest BCUT2D eigenvalue weighted by Gasteiger charge is 2.20. The zero-order valence-electron chi connectivity index (χ0n) is 8.49. The number of nitrogens with two attached hydrogens (primary N) is 1. The summed E-state index contributed by atoms with van der Waals surface area (Å²) >= 11 is 3.30. The fourth-order valence-corrected chi connectivity index (χ4v) is 1.54. The van der Waals surface area contributed by atoms with E-state index in [4.69, 9.17) is 10.5 Å². The van der Waals surface area contributed by atoms with E-state index in [9.17, 15) is 4.79 Å². The van der Waals surface area contributed by atoms with E-state index in [0.29, 0.717) is 11.3 Å². The summed E-state index contributed by atoms with van der Waals surface area (Å²) in [5.74, 6) is 0.0675. The minimum atomic E-state index is -0.821. The fraction of sp³-hybridized carbons (Fsp3) is 0.300. The molecule has 15 heavy (non-hydrogen) atoms. The van der Waals surface area contributed by atoms with E-state index in [2.05, 4.69) is 20.7 Å². The van der Waals surface area contributed by atoms with Crippen LogP contribution in [0.15, 0.2) is 22.7 Å². The third-order valence-electron chi connectivity index (χ3n) is 1.99. The van der Waals surface area contributed by atoms with Gasteiger partial charge < -0.3 is 15.2 Å². The van der Waals surface area contributed by atoms with Gasteiger partial charge in [-0.05, 0) is 12.1 Å². The highest BCUT2D eigenvalue weighted by molar-refractivity contribution is 9.10. The highest BCUT2D eigenvalue weighted by Crippen LogP contribution is 2.27. The predicted molar refractivity (Wildman–Crippen MR) is 59.6 cm³/mol. The molecular weight excluding hydrogens is 262 g/mol. The lowest BCUT2D eigenvalue weighted by atomic mass is 10.1. The zero-order chi connectivity index (χ0) is 11.4. The molecule has 2 N–H and O–H groups in total. The van der Waals surface area contributed by atoms with Gasteiger partial charge in [-0.2, -0.15) is 0 Å². The van der Waals surface area contributed by atoms with Crippen LogP contribution >= 0.6 is 15.9 Å². The summed E-state index contributed by atoms with van der Waals surface area (Å²) in [4.78, 5) is 11.3. The Bertz CT molecular complexity index is 368. The average molecular weight is 274 g/mol. The van der Waals surface area contributed by atoms with E-state index >= 15 is 0 Å². The standard InChI is InChI=1S/C10H12BrNO3/c1-14-8-5-6(11)3-4-7(8)9(12)10(13)15-2/h3-5,9H,12H2,1-2H3/t9-/m0/s1. The van der Waals surface area contributed by atoms with Crippen molar-refractivity contribution >= 4 is 21.9 Å². The van der Waals surface area contributed by atoms with Crippen molar-refractivity contribution in [3.8, 4) is 5.75 Å². The Balaban J connectivity index is 3.07. The lowest BCUT2D eigenvalue weighted by Crippen LogP contribution is -2.23. The fourth-order valence-electron chi connectivity index (χ4n) is 1.20. The SMILES string of the molecule is COC(=O)[C@@H](N)c1ccc(Br)cc1OC. The molecule has 0 aliphatic heterocycles. The van der Waals surface area contributed by atoms with Crippen LogP contribution in [0.25, 0.3) is 0 Å². The predicted octanol–water partition coefficient (Wildman–Crippen LogP) is 1.63. The first-order valence-corrected chi connectivity index (χ1v) is 5.06. The summed E-state index contributed by atoms with van der Waals surface area (Å²) in [6, 6.07) is 4.45. The Morgan fingerprint density at radius 2 is 2.13 bits per heavy atom. The molecule has 1 aromatic carbocycles. The monoisotopic (exact) mass is 273 g/mol. The molecule has 0 saturated carbocycles. The molecule has 0 spiro atoms. The third-order valence-corrected chi connectivity index (χ3v) is 2.48. The van der Waals surface area contributed by atoms with Crippen molar-refractivity contribution in [2.24, 2.45) is 5.73 Å². The number of benzene rings is 1. The number of methoxy groups -OCH3 is 2. The second-order valence-corrected chi connectivity index (χ2v) is 3.80. The maximum absolute atomic E-state index is 11.3. The van der Waals surface area contributed by atoms with Crippen molar-refractivity contribution in [1.29, 1.82) is 0 Å². The number of esters is 1. The first-order chi connectivity index (χ1) is 7.10. The number of ether oxygens (including phenoxy) is 2. The molecule has 0 aromatic heterocycles. The van der Waals surface area contributed by atoms with Crippen LogP contribution in [-0.4, -0.2) is 20.2 Å². The normalized spacial score (nSPS) is 12.0. The van der Waals surface area contributed by atoms with Crippen molar-refractivity contribution in [3.63, 3.8) is 0 Å². The summed E-state index contributed by atoms with van der Waals surface area (Å²) in [6.45, 7) is 0. The summed E-state index contributed by atoms with van der Waals surface area (Å²) in [7, 11) is 2.82. The van der Waals surface area contributed by atoms with Gasteiger partial charge >= 0.3 is 5.97 Å². The molecule has 82 valence electrons. The second kappa shape index (κ2) is 5.14. The Kier molecular flexibility index (Phi) is 4.11. The number of carbonyl (C=O) groups is 1. The summed E-state index contributed by atoms with van der Waals surface area (Å²) in [5.41, 5.74) is 6.31. The quantitative estimate of drug-likeness (QED) is 0.851.